The van der Waals surface area contributed by atoms with E-state index in [9.17, 15) is 18.0 Å². The van der Waals surface area contributed by atoms with E-state index in [1.165, 1.54) is 13.8 Å². The lowest BCUT2D eigenvalue weighted by molar-refractivity contribution is -0.141. The quantitative estimate of drug-likeness (QED) is 0.776. The zero-order chi connectivity index (χ0) is 16.9. The number of nitrogens with one attached hydrogen (secondary N) is 1. The van der Waals surface area contributed by atoms with E-state index in [-0.39, 0.29) is 5.69 Å². The largest absolute Gasteiger partial charge is 0.436 e. The molecule has 1 atom stereocenters. The Morgan fingerprint density at radius 2 is 2.14 bits per heavy atom. The van der Waals surface area contributed by atoms with Crippen LogP contribution >= 0.6 is 11.6 Å². The first kappa shape index (κ1) is 18.8. The molecule has 1 aromatic rings. The van der Waals surface area contributed by atoms with Gasteiger partial charge in [0.15, 0.2) is 5.69 Å². The molecule has 22 heavy (non-hydrogen) atoms. The average molecular weight is 342 g/mol. The standard InChI is InChI=1S/C13H19ClF3N3O2/c1-4-22-7-5-6-18-12(21)9(3)20-8(2)10(14)11(19-20)13(15,16)17/h9H,4-7H2,1-3H3,(H,18,21). The molecule has 0 aliphatic heterocycles. The molecule has 1 heterocycles. The van der Waals surface area contributed by atoms with Crippen LogP contribution in [0.25, 0.3) is 0 Å². The molecule has 0 aliphatic carbocycles. The van der Waals surface area contributed by atoms with Gasteiger partial charge in [-0.1, -0.05) is 11.6 Å². The minimum absolute atomic E-state index is 0.103. The number of nitrogens with zero attached hydrogens (tertiary/aromatic N) is 2. The maximum Gasteiger partial charge on any atom is 0.436 e. The molecule has 0 fully saturated rings. The summed E-state index contributed by atoms with van der Waals surface area (Å²) in [5, 5.41) is 5.58. The highest BCUT2D eigenvalue weighted by molar-refractivity contribution is 6.32. The predicted molar refractivity (Wildman–Crippen MR) is 75.8 cm³/mol. The van der Waals surface area contributed by atoms with Crippen LogP contribution in [-0.2, 0) is 15.7 Å². The zero-order valence-corrected chi connectivity index (χ0v) is 13.4. The van der Waals surface area contributed by atoms with Crippen LogP contribution in [0.15, 0.2) is 0 Å². The summed E-state index contributed by atoms with van der Waals surface area (Å²) in [6, 6.07) is -0.888. The smallest absolute Gasteiger partial charge is 0.382 e. The number of carbonyl (C=O) groups excluding carboxylic acids is 1. The topological polar surface area (TPSA) is 56.1 Å². The third kappa shape index (κ3) is 4.61. The molecule has 0 bridgehead atoms. The van der Waals surface area contributed by atoms with Crippen molar-refractivity contribution < 1.29 is 22.7 Å². The number of amides is 1. The third-order valence-corrected chi connectivity index (χ3v) is 3.51. The molecule has 5 nitrogen and oxygen atoms in total. The molecule has 0 spiro atoms. The van der Waals surface area contributed by atoms with Gasteiger partial charge in [0.1, 0.15) is 6.04 Å². The number of carbonyl (C=O) groups is 1. The van der Waals surface area contributed by atoms with Crippen LogP contribution in [0.5, 0.6) is 0 Å². The lowest BCUT2D eigenvalue weighted by Crippen LogP contribution is -2.33. The molecule has 0 aliphatic rings. The summed E-state index contributed by atoms with van der Waals surface area (Å²) >= 11 is 5.66. The molecule has 0 saturated heterocycles. The normalized spacial score (nSPS) is 13.2. The van der Waals surface area contributed by atoms with Crippen molar-refractivity contribution in [2.45, 2.75) is 39.4 Å². The highest BCUT2D eigenvalue weighted by Crippen LogP contribution is 2.36. The van der Waals surface area contributed by atoms with Crippen molar-refractivity contribution in [3.8, 4) is 0 Å². The Hall–Kier alpha value is -1.28. The van der Waals surface area contributed by atoms with Crippen molar-refractivity contribution >= 4 is 17.5 Å². The Bertz CT molecular complexity index is 517. The van der Waals surface area contributed by atoms with E-state index in [1.807, 2.05) is 6.92 Å². The van der Waals surface area contributed by atoms with E-state index >= 15 is 0 Å². The zero-order valence-electron chi connectivity index (χ0n) is 12.6. The molecule has 0 radical (unpaired) electrons. The van der Waals surface area contributed by atoms with Gasteiger partial charge in [0, 0.05) is 19.8 Å². The number of aromatic nitrogens is 2. The van der Waals surface area contributed by atoms with E-state index in [1.54, 1.807) is 0 Å². The fraction of sp³-hybridized carbons (Fsp3) is 0.692. The lowest BCUT2D eigenvalue weighted by Gasteiger charge is -2.14. The first-order chi connectivity index (χ1) is 10.2. The van der Waals surface area contributed by atoms with Gasteiger partial charge >= 0.3 is 6.18 Å². The van der Waals surface area contributed by atoms with Crippen molar-refractivity contribution in [3.63, 3.8) is 0 Å². The fourth-order valence-corrected chi connectivity index (χ4v) is 2.08. The van der Waals surface area contributed by atoms with E-state index in [2.05, 4.69) is 10.4 Å². The molecule has 9 heteroatoms. The van der Waals surface area contributed by atoms with Crippen molar-refractivity contribution in [2.75, 3.05) is 19.8 Å². The second-order valence-corrected chi connectivity index (χ2v) is 5.09. The summed E-state index contributed by atoms with van der Waals surface area (Å²) in [6.45, 7) is 6.20. The van der Waals surface area contributed by atoms with Gasteiger partial charge < -0.3 is 10.1 Å². The first-order valence-corrected chi connectivity index (χ1v) is 7.25. The van der Waals surface area contributed by atoms with Gasteiger partial charge in [-0.3, -0.25) is 9.48 Å². The van der Waals surface area contributed by atoms with Crippen LogP contribution in [-0.4, -0.2) is 35.4 Å². The van der Waals surface area contributed by atoms with Crippen LogP contribution in [0.2, 0.25) is 5.02 Å². The highest BCUT2D eigenvalue weighted by atomic mass is 35.5. The van der Waals surface area contributed by atoms with Crippen LogP contribution in [0.4, 0.5) is 13.2 Å². The highest BCUT2D eigenvalue weighted by Gasteiger charge is 2.39. The molecule has 0 saturated carbocycles. The second kappa shape index (κ2) is 7.82. The summed E-state index contributed by atoms with van der Waals surface area (Å²) in [5.74, 6) is -0.424. The number of halogens is 4. The number of hydrogen-bond donors (Lipinski definition) is 1. The van der Waals surface area contributed by atoms with Crippen molar-refractivity contribution in [1.82, 2.24) is 15.1 Å². The Morgan fingerprint density at radius 1 is 1.50 bits per heavy atom. The predicted octanol–water partition coefficient (Wildman–Crippen LogP) is 2.97. The Labute approximate surface area is 131 Å². The summed E-state index contributed by atoms with van der Waals surface area (Å²) in [6.07, 6.45) is -4.03. The second-order valence-electron chi connectivity index (χ2n) is 4.71. The van der Waals surface area contributed by atoms with Gasteiger partial charge in [-0.2, -0.15) is 18.3 Å². The van der Waals surface area contributed by atoms with E-state index < -0.39 is 28.8 Å². The lowest BCUT2D eigenvalue weighted by atomic mass is 10.3. The summed E-state index contributed by atoms with van der Waals surface area (Å²) in [7, 11) is 0. The fourth-order valence-electron chi connectivity index (χ4n) is 1.85. The van der Waals surface area contributed by atoms with Gasteiger partial charge in [0.2, 0.25) is 5.91 Å². The summed E-state index contributed by atoms with van der Waals surface area (Å²) < 4.78 is 44.4. The van der Waals surface area contributed by atoms with Gasteiger partial charge in [-0.05, 0) is 27.2 Å². The van der Waals surface area contributed by atoms with Crippen molar-refractivity contribution in [3.05, 3.63) is 16.4 Å². The number of alkyl halides is 3. The number of ether oxygens (including phenoxy) is 1. The molecule has 1 N–H and O–H groups in total. The third-order valence-electron chi connectivity index (χ3n) is 3.06. The van der Waals surface area contributed by atoms with Crippen LogP contribution in [0.3, 0.4) is 0 Å². The van der Waals surface area contributed by atoms with Gasteiger partial charge in [0.05, 0.1) is 10.7 Å². The monoisotopic (exact) mass is 341 g/mol. The summed E-state index contributed by atoms with van der Waals surface area (Å²) in [5.41, 5.74) is -1.08. The van der Waals surface area contributed by atoms with Crippen LogP contribution < -0.4 is 5.32 Å². The number of rotatable bonds is 7. The molecular formula is C13H19ClF3N3O2. The van der Waals surface area contributed by atoms with Gasteiger partial charge in [-0.25, -0.2) is 0 Å². The minimum Gasteiger partial charge on any atom is -0.382 e. The van der Waals surface area contributed by atoms with Crippen molar-refractivity contribution in [1.29, 1.82) is 0 Å². The minimum atomic E-state index is -4.65. The van der Waals surface area contributed by atoms with Crippen LogP contribution in [0, 0.1) is 6.92 Å². The molecule has 1 unspecified atom stereocenters. The number of hydrogen-bond acceptors (Lipinski definition) is 3. The average Bonchev–Trinajstić information content (AvgIpc) is 2.74. The molecule has 1 amide bonds. The first-order valence-electron chi connectivity index (χ1n) is 6.87. The molecule has 0 aromatic carbocycles. The van der Waals surface area contributed by atoms with E-state index in [4.69, 9.17) is 16.3 Å². The van der Waals surface area contributed by atoms with E-state index in [0.717, 1.165) is 4.68 Å². The van der Waals surface area contributed by atoms with Crippen LogP contribution in [0.1, 0.15) is 37.7 Å². The summed E-state index contributed by atoms with van der Waals surface area (Å²) in [4.78, 5) is 12.0. The molecule has 126 valence electrons. The molecule has 1 rings (SSSR count). The Kier molecular flexibility index (Phi) is 6.67. The van der Waals surface area contributed by atoms with Gasteiger partial charge in [0.25, 0.3) is 0 Å². The van der Waals surface area contributed by atoms with Crippen molar-refractivity contribution in [2.24, 2.45) is 0 Å². The molecule has 1 aromatic heterocycles. The maximum absolute atomic E-state index is 12.8. The maximum atomic E-state index is 12.8. The van der Waals surface area contributed by atoms with Gasteiger partial charge in [-0.15, -0.1) is 0 Å². The van der Waals surface area contributed by atoms with E-state index in [0.29, 0.717) is 26.2 Å². The SMILES string of the molecule is CCOCCCNC(=O)C(C)n1nc(C(F)(F)F)c(Cl)c1C. The molecular weight excluding hydrogens is 323 g/mol. The Balaban J connectivity index is 2.73. The Morgan fingerprint density at radius 3 is 2.64 bits per heavy atom.